The zero-order valence-electron chi connectivity index (χ0n) is 8.32. The lowest BCUT2D eigenvalue weighted by molar-refractivity contribution is 0.616. The Morgan fingerprint density at radius 2 is 2.21 bits per heavy atom. The quantitative estimate of drug-likeness (QED) is 0.519. The first-order valence-electron chi connectivity index (χ1n) is 4.35. The third kappa shape index (κ3) is 2.24. The molecule has 0 aliphatic carbocycles. The van der Waals surface area contributed by atoms with E-state index in [0.29, 0.717) is 23.4 Å². The molecule has 1 aromatic carbocycles. The molecule has 0 aromatic heterocycles. The second-order valence-corrected chi connectivity index (χ2v) is 2.97. The van der Waals surface area contributed by atoms with Crippen LogP contribution in [0.2, 0.25) is 0 Å². The van der Waals surface area contributed by atoms with E-state index in [1.165, 1.54) is 0 Å². The number of hydrogen-bond acceptors (Lipinski definition) is 2. The molecule has 74 valence electrons. The molecule has 0 amide bonds. The van der Waals surface area contributed by atoms with Crippen molar-refractivity contribution >= 4 is 5.69 Å². The summed E-state index contributed by atoms with van der Waals surface area (Å²) in [4.78, 5) is 0. The summed E-state index contributed by atoms with van der Waals surface area (Å²) in [6, 6.07) is 3.27. The lowest BCUT2D eigenvalue weighted by Crippen LogP contribution is -2.04. The van der Waals surface area contributed by atoms with Crippen LogP contribution in [0, 0.1) is 24.6 Å². The van der Waals surface area contributed by atoms with Crippen molar-refractivity contribution in [3.8, 4) is 11.8 Å². The fraction of sp³-hybridized carbons (Fsp3) is 0.273. The van der Waals surface area contributed by atoms with Crippen LogP contribution in [-0.2, 0) is 0 Å². The topological polar surface area (TPSA) is 38.0 Å². The Morgan fingerprint density at radius 3 is 2.86 bits per heavy atom. The van der Waals surface area contributed by atoms with E-state index in [2.05, 4.69) is 17.2 Å². The van der Waals surface area contributed by atoms with Crippen molar-refractivity contribution in [3.63, 3.8) is 0 Å². The third-order valence-electron chi connectivity index (χ3n) is 1.92. The van der Waals surface area contributed by atoms with Gasteiger partial charge in [0.1, 0.15) is 5.82 Å². The van der Waals surface area contributed by atoms with Crippen molar-refractivity contribution in [1.82, 2.24) is 5.32 Å². The number of benzene rings is 1. The zero-order chi connectivity index (χ0) is 10.6. The normalized spacial score (nSPS) is 9.36. The van der Waals surface area contributed by atoms with Crippen LogP contribution in [0.25, 0.3) is 0 Å². The van der Waals surface area contributed by atoms with Crippen molar-refractivity contribution in [2.45, 2.75) is 6.92 Å². The fourth-order valence-corrected chi connectivity index (χ4v) is 1.02. The smallest absolute Gasteiger partial charge is 0.143 e. The summed E-state index contributed by atoms with van der Waals surface area (Å²) in [6.45, 7) is 2.19. The summed E-state index contributed by atoms with van der Waals surface area (Å²) < 4.78 is 13.5. The van der Waals surface area contributed by atoms with Crippen LogP contribution in [-0.4, -0.2) is 13.6 Å². The number of nitrogens with two attached hydrogens (primary N) is 1. The Labute approximate surface area is 83.3 Å². The Balaban J connectivity index is 3.02. The van der Waals surface area contributed by atoms with Crippen molar-refractivity contribution in [2.24, 2.45) is 0 Å². The van der Waals surface area contributed by atoms with Crippen LogP contribution in [0.5, 0.6) is 0 Å². The van der Waals surface area contributed by atoms with Crippen molar-refractivity contribution in [3.05, 3.63) is 29.1 Å². The molecule has 0 atom stereocenters. The molecule has 0 radical (unpaired) electrons. The maximum atomic E-state index is 13.5. The molecule has 0 fully saturated rings. The van der Waals surface area contributed by atoms with E-state index >= 15 is 0 Å². The number of halogens is 1. The first kappa shape index (κ1) is 10.6. The van der Waals surface area contributed by atoms with Gasteiger partial charge in [0.25, 0.3) is 0 Å². The highest BCUT2D eigenvalue weighted by molar-refractivity contribution is 5.52. The van der Waals surface area contributed by atoms with Crippen LogP contribution in [0.4, 0.5) is 10.1 Å². The molecule has 1 aromatic rings. The minimum Gasteiger partial charge on any atom is -0.398 e. The fourth-order valence-electron chi connectivity index (χ4n) is 1.02. The van der Waals surface area contributed by atoms with Gasteiger partial charge in [0.05, 0.1) is 12.1 Å². The standard InChI is InChI=1S/C11H13FN2/c1-8-10(13)6-5-9(11(8)12)4-3-7-14-2/h5-6,14H,7,13H2,1-2H3. The van der Waals surface area contributed by atoms with Crippen LogP contribution < -0.4 is 11.1 Å². The predicted molar refractivity (Wildman–Crippen MR) is 56.4 cm³/mol. The molecule has 1 rings (SSSR count). The van der Waals surface area contributed by atoms with Gasteiger partial charge in [0, 0.05) is 11.3 Å². The Kier molecular flexibility index (Phi) is 3.49. The predicted octanol–water partition coefficient (Wildman–Crippen LogP) is 1.29. The lowest BCUT2D eigenvalue weighted by Gasteiger charge is -2.02. The number of nitrogen functional groups attached to an aromatic ring is 1. The van der Waals surface area contributed by atoms with Crippen molar-refractivity contribution in [1.29, 1.82) is 0 Å². The van der Waals surface area contributed by atoms with E-state index < -0.39 is 0 Å². The summed E-state index contributed by atoms with van der Waals surface area (Å²) in [5.74, 6) is 5.21. The molecule has 2 nitrogen and oxygen atoms in total. The monoisotopic (exact) mass is 192 g/mol. The molecule has 0 bridgehead atoms. The van der Waals surface area contributed by atoms with Gasteiger partial charge in [0.15, 0.2) is 0 Å². The van der Waals surface area contributed by atoms with Gasteiger partial charge < -0.3 is 11.1 Å². The van der Waals surface area contributed by atoms with Crippen LogP contribution in [0.3, 0.4) is 0 Å². The number of rotatable bonds is 1. The lowest BCUT2D eigenvalue weighted by atomic mass is 10.1. The zero-order valence-corrected chi connectivity index (χ0v) is 8.32. The first-order chi connectivity index (χ1) is 6.66. The Hall–Kier alpha value is -1.53. The molecule has 0 saturated carbocycles. The van der Waals surface area contributed by atoms with Gasteiger partial charge in [-0.25, -0.2) is 4.39 Å². The molecule has 0 aliphatic heterocycles. The molecular formula is C11H13FN2. The van der Waals surface area contributed by atoms with Gasteiger partial charge in [-0.2, -0.15) is 0 Å². The molecule has 3 heteroatoms. The van der Waals surface area contributed by atoms with E-state index in [4.69, 9.17) is 5.73 Å². The molecule has 0 aliphatic rings. The molecule has 0 saturated heterocycles. The van der Waals surface area contributed by atoms with E-state index in [1.54, 1.807) is 26.1 Å². The molecule has 0 unspecified atom stereocenters. The summed E-state index contributed by atoms with van der Waals surface area (Å²) in [6.07, 6.45) is 0. The SMILES string of the molecule is CNCC#Cc1ccc(N)c(C)c1F. The highest BCUT2D eigenvalue weighted by Crippen LogP contribution is 2.17. The van der Waals surface area contributed by atoms with E-state index in [0.717, 1.165) is 0 Å². The van der Waals surface area contributed by atoms with Crippen molar-refractivity contribution in [2.75, 3.05) is 19.3 Å². The summed E-state index contributed by atoms with van der Waals surface area (Å²) >= 11 is 0. The van der Waals surface area contributed by atoms with Crippen LogP contribution >= 0.6 is 0 Å². The van der Waals surface area contributed by atoms with Crippen LogP contribution in [0.15, 0.2) is 12.1 Å². The summed E-state index contributed by atoms with van der Waals surface area (Å²) in [5, 5.41) is 2.86. The molecule has 3 N–H and O–H groups in total. The maximum Gasteiger partial charge on any atom is 0.143 e. The molecule has 14 heavy (non-hydrogen) atoms. The molecule has 0 spiro atoms. The minimum absolute atomic E-state index is 0.325. The summed E-state index contributed by atoms with van der Waals surface area (Å²) in [5.41, 5.74) is 6.86. The third-order valence-corrected chi connectivity index (χ3v) is 1.92. The highest BCUT2D eigenvalue weighted by atomic mass is 19.1. The van der Waals surface area contributed by atoms with E-state index in [1.807, 2.05) is 0 Å². The second kappa shape index (κ2) is 4.64. The van der Waals surface area contributed by atoms with Gasteiger partial charge >= 0.3 is 0 Å². The average Bonchev–Trinajstić information content (AvgIpc) is 2.18. The first-order valence-corrected chi connectivity index (χ1v) is 4.35. The van der Waals surface area contributed by atoms with Gasteiger partial charge in [0.2, 0.25) is 0 Å². The largest absolute Gasteiger partial charge is 0.398 e. The van der Waals surface area contributed by atoms with Gasteiger partial charge in [-0.05, 0) is 26.1 Å². The second-order valence-electron chi connectivity index (χ2n) is 2.97. The Morgan fingerprint density at radius 1 is 1.50 bits per heavy atom. The average molecular weight is 192 g/mol. The number of anilines is 1. The van der Waals surface area contributed by atoms with E-state index in [-0.39, 0.29) is 5.82 Å². The van der Waals surface area contributed by atoms with Gasteiger partial charge in [-0.15, -0.1) is 0 Å². The van der Waals surface area contributed by atoms with Crippen molar-refractivity contribution < 1.29 is 4.39 Å². The van der Waals surface area contributed by atoms with Crippen LogP contribution in [0.1, 0.15) is 11.1 Å². The minimum atomic E-state index is -0.325. The highest BCUT2D eigenvalue weighted by Gasteiger charge is 2.05. The summed E-state index contributed by atoms with van der Waals surface area (Å²) in [7, 11) is 1.79. The Bertz CT molecular complexity index is 388. The van der Waals surface area contributed by atoms with E-state index in [9.17, 15) is 4.39 Å². The van der Waals surface area contributed by atoms with Gasteiger partial charge in [-0.3, -0.25) is 0 Å². The molecular weight excluding hydrogens is 179 g/mol. The maximum absolute atomic E-state index is 13.5. The molecule has 0 heterocycles. The van der Waals surface area contributed by atoms with Gasteiger partial charge in [-0.1, -0.05) is 11.8 Å². The number of hydrogen-bond donors (Lipinski definition) is 2. The number of nitrogens with one attached hydrogen (secondary N) is 1.